The van der Waals surface area contributed by atoms with Crippen LogP contribution in [0.5, 0.6) is 0 Å². The monoisotopic (exact) mass is 323 g/mol. The Labute approximate surface area is 138 Å². The van der Waals surface area contributed by atoms with E-state index in [1.54, 1.807) is 24.1 Å². The normalized spacial score (nSPS) is 15.0. The van der Waals surface area contributed by atoms with Gasteiger partial charge in [-0.25, -0.2) is 0 Å². The first-order chi connectivity index (χ1) is 11.7. The molecule has 0 bridgehead atoms. The van der Waals surface area contributed by atoms with E-state index in [0.29, 0.717) is 37.6 Å². The fraction of sp³-hybridized carbons (Fsp3) is 0.294. The first kappa shape index (κ1) is 14.6. The quantitative estimate of drug-likeness (QED) is 0.717. The minimum atomic E-state index is -0.0875. The van der Waals surface area contributed by atoms with E-state index in [1.807, 2.05) is 18.2 Å². The van der Waals surface area contributed by atoms with Gasteiger partial charge in [-0.3, -0.25) is 4.79 Å². The molecule has 3 heterocycles. The highest BCUT2D eigenvalue weighted by molar-refractivity contribution is 5.93. The Hall–Kier alpha value is -2.96. The number of aromatic nitrogens is 3. The molecule has 24 heavy (non-hydrogen) atoms. The standard InChI is InChI=1S/C17H17N5O2/c1-12-10-15(20-24-12)17(23)22-8-6-21(7-9-22)16-14-5-3-2-4-13(14)11-18-19-16/h2-5,10-11H,6-9H2,1H3. The van der Waals surface area contributed by atoms with Crippen LogP contribution in [0.4, 0.5) is 5.82 Å². The lowest BCUT2D eigenvalue weighted by atomic mass is 10.1. The minimum absolute atomic E-state index is 0.0875. The molecule has 0 radical (unpaired) electrons. The number of amides is 1. The van der Waals surface area contributed by atoms with Crippen LogP contribution in [0.3, 0.4) is 0 Å². The van der Waals surface area contributed by atoms with Crippen LogP contribution < -0.4 is 4.90 Å². The predicted octanol–water partition coefficient (Wildman–Crippen LogP) is 1.89. The van der Waals surface area contributed by atoms with Gasteiger partial charge in [0.25, 0.3) is 5.91 Å². The molecule has 0 unspecified atom stereocenters. The average molecular weight is 323 g/mol. The van der Waals surface area contributed by atoms with E-state index in [0.717, 1.165) is 16.6 Å². The summed E-state index contributed by atoms with van der Waals surface area (Å²) in [5.74, 6) is 1.43. The van der Waals surface area contributed by atoms with Gasteiger partial charge in [-0.05, 0) is 6.92 Å². The number of hydrogen-bond donors (Lipinski definition) is 0. The zero-order chi connectivity index (χ0) is 16.5. The van der Waals surface area contributed by atoms with Crippen molar-refractivity contribution in [2.45, 2.75) is 6.92 Å². The van der Waals surface area contributed by atoms with E-state index in [4.69, 9.17) is 4.52 Å². The van der Waals surface area contributed by atoms with Crippen LogP contribution in [0.25, 0.3) is 10.8 Å². The molecule has 122 valence electrons. The van der Waals surface area contributed by atoms with E-state index in [2.05, 4.69) is 26.3 Å². The van der Waals surface area contributed by atoms with Gasteiger partial charge in [0.1, 0.15) is 5.76 Å². The summed E-state index contributed by atoms with van der Waals surface area (Å²) in [5.41, 5.74) is 0.367. The number of benzene rings is 1. The molecule has 0 spiro atoms. The first-order valence-electron chi connectivity index (χ1n) is 7.90. The van der Waals surface area contributed by atoms with E-state index in [9.17, 15) is 4.79 Å². The van der Waals surface area contributed by atoms with Gasteiger partial charge in [0.05, 0.1) is 6.20 Å². The van der Waals surface area contributed by atoms with Gasteiger partial charge in [-0.2, -0.15) is 5.10 Å². The lowest BCUT2D eigenvalue weighted by Gasteiger charge is -2.35. The number of anilines is 1. The van der Waals surface area contributed by atoms with Crippen LogP contribution in [0.1, 0.15) is 16.2 Å². The van der Waals surface area contributed by atoms with Crippen LogP contribution in [0, 0.1) is 6.92 Å². The smallest absolute Gasteiger partial charge is 0.276 e. The fourth-order valence-corrected chi connectivity index (χ4v) is 3.00. The molecule has 4 rings (SSSR count). The van der Waals surface area contributed by atoms with Crippen molar-refractivity contribution in [1.82, 2.24) is 20.3 Å². The van der Waals surface area contributed by atoms with Gasteiger partial charge in [-0.15, -0.1) is 5.10 Å². The molecule has 0 saturated carbocycles. The third-order valence-electron chi connectivity index (χ3n) is 4.26. The summed E-state index contributed by atoms with van der Waals surface area (Å²) in [6.07, 6.45) is 1.77. The van der Waals surface area contributed by atoms with Crippen molar-refractivity contribution >= 4 is 22.5 Å². The van der Waals surface area contributed by atoms with Gasteiger partial charge < -0.3 is 14.3 Å². The molecule has 1 fully saturated rings. The fourth-order valence-electron chi connectivity index (χ4n) is 3.00. The Morgan fingerprint density at radius 1 is 1.17 bits per heavy atom. The topological polar surface area (TPSA) is 75.4 Å². The third-order valence-corrected chi connectivity index (χ3v) is 4.26. The summed E-state index contributed by atoms with van der Waals surface area (Å²) in [6, 6.07) is 9.74. The highest BCUT2D eigenvalue weighted by Gasteiger charge is 2.25. The van der Waals surface area contributed by atoms with Crippen molar-refractivity contribution in [1.29, 1.82) is 0 Å². The number of rotatable bonds is 2. The Morgan fingerprint density at radius 3 is 2.71 bits per heavy atom. The number of hydrogen-bond acceptors (Lipinski definition) is 6. The molecule has 0 atom stereocenters. The highest BCUT2D eigenvalue weighted by Crippen LogP contribution is 2.24. The van der Waals surface area contributed by atoms with E-state index < -0.39 is 0 Å². The van der Waals surface area contributed by atoms with Crippen LogP contribution >= 0.6 is 0 Å². The lowest BCUT2D eigenvalue weighted by Crippen LogP contribution is -2.49. The average Bonchev–Trinajstić information content (AvgIpc) is 3.07. The summed E-state index contributed by atoms with van der Waals surface area (Å²) >= 11 is 0. The Bertz CT molecular complexity index is 878. The highest BCUT2D eigenvalue weighted by atomic mass is 16.5. The van der Waals surface area contributed by atoms with E-state index >= 15 is 0 Å². The summed E-state index contributed by atoms with van der Waals surface area (Å²) in [5, 5.41) is 14.4. The maximum absolute atomic E-state index is 12.4. The van der Waals surface area contributed by atoms with Crippen molar-refractivity contribution in [3.63, 3.8) is 0 Å². The Kier molecular flexibility index (Phi) is 3.60. The molecule has 0 aliphatic carbocycles. The summed E-state index contributed by atoms with van der Waals surface area (Å²) in [4.78, 5) is 16.4. The minimum Gasteiger partial charge on any atom is -0.361 e. The van der Waals surface area contributed by atoms with E-state index in [1.165, 1.54) is 0 Å². The van der Waals surface area contributed by atoms with Crippen molar-refractivity contribution in [3.8, 4) is 0 Å². The molecular weight excluding hydrogens is 306 g/mol. The van der Waals surface area contributed by atoms with E-state index in [-0.39, 0.29) is 5.91 Å². The number of carbonyl (C=O) groups excluding carboxylic acids is 1. The largest absolute Gasteiger partial charge is 0.361 e. The molecule has 1 amide bonds. The molecule has 0 N–H and O–H groups in total. The third kappa shape index (κ3) is 2.58. The summed E-state index contributed by atoms with van der Waals surface area (Å²) < 4.78 is 4.99. The number of nitrogens with zero attached hydrogens (tertiary/aromatic N) is 5. The van der Waals surface area contributed by atoms with Crippen LogP contribution in [0.15, 0.2) is 41.1 Å². The van der Waals surface area contributed by atoms with Gasteiger partial charge in [0.15, 0.2) is 11.5 Å². The van der Waals surface area contributed by atoms with Crippen molar-refractivity contribution in [2.24, 2.45) is 0 Å². The Morgan fingerprint density at radius 2 is 1.96 bits per heavy atom. The Balaban J connectivity index is 1.50. The molecule has 3 aromatic rings. The van der Waals surface area contributed by atoms with Crippen molar-refractivity contribution < 1.29 is 9.32 Å². The van der Waals surface area contributed by atoms with Crippen LogP contribution in [-0.4, -0.2) is 52.3 Å². The molecule has 1 saturated heterocycles. The number of aryl methyl sites for hydroxylation is 1. The number of fused-ring (bicyclic) bond motifs is 1. The SMILES string of the molecule is Cc1cc(C(=O)N2CCN(c3nncc4ccccc34)CC2)no1. The molecule has 7 nitrogen and oxygen atoms in total. The van der Waals surface area contributed by atoms with Crippen molar-refractivity contribution in [2.75, 3.05) is 31.1 Å². The number of carbonyl (C=O) groups is 1. The van der Waals surface area contributed by atoms with Gasteiger partial charge >= 0.3 is 0 Å². The molecule has 1 aliphatic rings. The molecular formula is C17H17N5O2. The zero-order valence-corrected chi connectivity index (χ0v) is 13.3. The van der Waals surface area contributed by atoms with Crippen LogP contribution in [-0.2, 0) is 0 Å². The molecule has 7 heteroatoms. The second-order valence-electron chi connectivity index (χ2n) is 5.86. The molecule has 1 aromatic carbocycles. The number of piperazine rings is 1. The van der Waals surface area contributed by atoms with Gasteiger partial charge in [0, 0.05) is 43.0 Å². The maximum Gasteiger partial charge on any atom is 0.276 e. The van der Waals surface area contributed by atoms with Crippen LogP contribution in [0.2, 0.25) is 0 Å². The predicted molar refractivity (Wildman–Crippen MR) is 88.9 cm³/mol. The zero-order valence-electron chi connectivity index (χ0n) is 13.3. The van der Waals surface area contributed by atoms with Gasteiger partial charge in [0.2, 0.25) is 0 Å². The maximum atomic E-state index is 12.4. The first-order valence-corrected chi connectivity index (χ1v) is 7.90. The lowest BCUT2D eigenvalue weighted by molar-refractivity contribution is 0.0736. The second-order valence-corrected chi connectivity index (χ2v) is 5.86. The summed E-state index contributed by atoms with van der Waals surface area (Å²) in [7, 11) is 0. The van der Waals surface area contributed by atoms with Crippen molar-refractivity contribution in [3.05, 3.63) is 48.0 Å². The summed E-state index contributed by atoms with van der Waals surface area (Å²) in [6.45, 7) is 4.45. The molecule has 1 aliphatic heterocycles. The molecule has 2 aromatic heterocycles. The van der Waals surface area contributed by atoms with Gasteiger partial charge in [-0.1, -0.05) is 29.4 Å². The second kappa shape index (κ2) is 5.92.